The van der Waals surface area contributed by atoms with Crippen LogP contribution >= 0.6 is 11.8 Å². The van der Waals surface area contributed by atoms with Gasteiger partial charge in [-0.15, -0.1) is 0 Å². The normalized spacial score (nSPS) is 10.3. The largest absolute Gasteiger partial charge is 0.383 e. The van der Waals surface area contributed by atoms with Crippen molar-refractivity contribution in [3.63, 3.8) is 0 Å². The van der Waals surface area contributed by atoms with E-state index in [1.807, 2.05) is 0 Å². The van der Waals surface area contributed by atoms with Crippen LogP contribution in [0.5, 0.6) is 0 Å². The van der Waals surface area contributed by atoms with Crippen LogP contribution in [0.3, 0.4) is 0 Å². The molecule has 8 heteroatoms. The summed E-state index contributed by atoms with van der Waals surface area (Å²) in [5.74, 6) is 1.22. The number of nitrogen functional groups attached to an aromatic ring is 2. The maximum atomic E-state index is 10.5. The molecule has 2 aromatic rings. The fourth-order valence-electron chi connectivity index (χ4n) is 1.39. The monoisotopic (exact) mass is 277 g/mol. The molecule has 1 aromatic carbocycles. The fourth-order valence-corrected chi connectivity index (χ4v) is 2.22. The molecule has 0 aliphatic carbocycles. The molecule has 7 nitrogen and oxygen atoms in total. The molecule has 19 heavy (non-hydrogen) atoms. The number of anilines is 2. The van der Waals surface area contributed by atoms with Crippen LogP contribution in [0.4, 0.5) is 17.3 Å². The van der Waals surface area contributed by atoms with E-state index in [4.69, 9.17) is 11.5 Å². The summed E-state index contributed by atoms with van der Waals surface area (Å²) in [4.78, 5) is 18.2. The zero-order valence-corrected chi connectivity index (χ0v) is 10.6. The van der Waals surface area contributed by atoms with Crippen LogP contribution in [0.15, 0.2) is 35.5 Å². The Morgan fingerprint density at radius 2 is 1.74 bits per heavy atom. The minimum absolute atomic E-state index is 0.0678. The van der Waals surface area contributed by atoms with Gasteiger partial charge in [0, 0.05) is 24.0 Å². The molecule has 1 heterocycles. The predicted molar refractivity (Wildman–Crippen MR) is 73.5 cm³/mol. The molecule has 1 aromatic heterocycles. The molecule has 0 saturated heterocycles. The highest BCUT2D eigenvalue weighted by atomic mass is 32.2. The van der Waals surface area contributed by atoms with Gasteiger partial charge >= 0.3 is 0 Å². The molecule has 98 valence electrons. The van der Waals surface area contributed by atoms with Crippen LogP contribution in [0, 0.1) is 10.1 Å². The first kappa shape index (κ1) is 13.1. The number of thioether (sulfide) groups is 1. The summed E-state index contributed by atoms with van der Waals surface area (Å²) >= 11 is 1.36. The Balaban J connectivity index is 2.03. The lowest BCUT2D eigenvalue weighted by atomic mass is 10.2. The number of hydrogen-bond donors (Lipinski definition) is 2. The van der Waals surface area contributed by atoms with Crippen molar-refractivity contribution in [1.82, 2.24) is 9.97 Å². The van der Waals surface area contributed by atoms with E-state index < -0.39 is 4.92 Å². The molecule has 0 aliphatic rings. The molecule has 0 saturated carbocycles. The lowest BCUT2D eigenvalue weighted by Gasteiger charge is -2.02. The summed E-state index contributed by atoms with van der Waals surface area (Å²) in [5.41, 5.74) is 12.1. The van der Waals surface area contributed by atoms with E-state index in [2.05, 4.69) is 9.97 Å². The third kappa shape index (κ3) is 3.55. The standard InChI is InChI=1S/C11H11N5O2S/c12-9-5-10(13)15-11(14-9)19-6-7-1-3-8(4-2-7)16(17)18/h1-5H,6H2,(H4,12,13,14,15). The lowest BCUT2D eigenvalue weighted by molar-refractivity contribution is -0.384. The van der Waals surface area contributed by atoms with Crippen molar-refractivity contribution >= 4 is 29.1 Å². The first-order valence-electron chi connectivity index (χ1n) is 5.31. The third-order valence-electron chi connectivity index (χ3n) is 2.26. The molecule has 0 bridgehead atoms. The first-order valence-corrected chi connectivity index (χ1v) is 6.29. The molecular formula is C11H11N5O2S. The quantitative estimate of drug-likeness (QED) is 0.378. The molecule has 0 atom stereocenters. The van der Waals surface area contributed by atoms with Crippen LogP contribution in [-0.4, -0.2) is 14.9 Å². The Morgan fingerprint density at radius 1 is 1.16 bits per heavy atom. The van der Waals surface area contributed by atoms with Gasteiger partial charge in [0.15, 0.2) is 5.16 Å². The van der Waals surface area contributed by atoms with Crippen molar-refractivity contribution in [2.45, 2.75) is 10.9 Å². The van der Waals surface area contributed by atoms with Gasteiger partial charge in [0.1, 0.15) is 11.6 Å². The molecule has 0 fully saturated rings. The summed E-state index contributed by atoms with van der Waals surface area (Å²) in [6, 6.07) is 7.80. The highest BCUT2D eigenvalue weighted by Gasteiger charge is 2.06. The number of nitro groups is 1. The number of nitro benzene ring substituents is 1. The Bertz CT molecular complexity index is 582. The number of nitrogens with two attached hydrogens (primary N) is 2. The number of aromatic nitrogens is 2. The van der Waals surface area contributed by atoms with Gasteiger partial charge < -0.3 is 11.5 Å². The maximum Gasteiger partial charge on any atom is 0.269 e. The SMILES string of the molecule is Nc1cc(N)nc(SCc2ccc([N+](=O)[O-])cc2)n1. The van der Waals surface area contributed by atoms with E-state index in [-0.39, 0.29) is 5.69 Å². The molecule has 0 spiro atoms. The van der Waals surface area contributed by atoms with Crippen molar-refractivity contribution < 1.29 is 4.92 Å². The van der Waals surface area contributed by atoms with Crippen molar-refractivity contribution in [3.8, 4) is 0 Å². The number of benzene rings is 1. The summed E-state index contributed by atoms with van der Waals surface area (Å²) in [7, 11) is 0. The second kappa shape index (κ2) is 5.53. The van der Waals surface area contributed by atoms with Gasteiger partial charge in [0.05, 0.1) is 4.92 Å². The molecule has 2 rings (SSSR count). The molecule has 0 unspecified atom stereocenters. The minimum atomic E-state index is -0.432. The van der Waals surface area contributed by atoms with Crippen molar-refractivity contribution in [1.29, 1.82) is 0 Å². The van der Waals surface area contributed by atoms with Crippen molar-refractivity contribution in [2.75, 3.05) is 11.5 Å². The maximum absolute atomic E-state index is 10.5. The van der Waals surface area contributed by atoms with Crippen molar-refractivity contribution in [2.24, 2.45) is 0 Å². The van der Waals surface area contributed by atoms with Gasteiger partial charge in [-0.05, 0) is 5.56 Å². The third-order valence-corrected chi connectivity index (χ3v) is 3.18. The fraction of sp³-hybridized carbons (Fsp3) is 0.0909. The van der Waals surface area contributed by atoms with E-state index in [0.717, 1.165) is 5.56 Å². The van der Waals surface area contributed by atoms with Crippen LogP contribution in [-0.2, 0) is 5.75 Å². The Hall–Kier alpha value is -2.35. The van der Waals surface area contributed by atoms with Crippen molar-refractivity contribution in [3.05, 3.63) is 46.0 Å². The predicted octanol–water partition coefficient (Wildman–Crippen LogP) is 1.84. The van der Waals surface area contributed by atoms with Crippen LogP contribution in [0.2, 0.25) is 0 Å². The topological polar surface area (TPSA) is 121 Å². The van der Waals surface area contributed by atoms with Gasteiger partial charge in [-0.2, -0.15) is 0 Å². The number of non-ortho nitro benzene ring substituents is 1. The second-order valence-electron chi connectivity index (χ2n) is 3.71. The average molecular weight is 277 g/mol. The molecular weight excluding hydrogens is 266 g/mol. The highest BCUT2D eigenvalue weighted by molar-refractivity contribution is 7.98. The second-order valence-corrected chi connectivity index (χ2v) is 4.65. The van der Waals surface area contributed by atoms with E-state index in [1.54, 1.807) is 12.1 Å². The molecule has 0 aliphatic heterocycles. The number of nitrogens with zero attached hydrogens (tertiary/aromatic N) is 3. The van der Waals surface area contributed by atoms with Gasteiger partial charge in [0.2, 0.25) is 0 Å². The van der Waals surface area contributed by atoms with E-state index >= 15 is 0 Å². The van der Waals surface area contributed by atoms with Gasteiger partial charge in [-0.3, -0.25) is 10.1 Å². The number of rotatable bonds is 4. The van der Waals surface area contributed by atoms with Crippen LogP contribution in [0.1, 0.15) is 5.56 Å². The molecule has 0 radical (unpaired) electrons. The minimum Gasteiger partial charge on any atom is -0.383 e. The Kier molecular flexibility index (Phi) is 3.81. The summed E-state index contributed by atoms with van der Waals surface area (Å²) in [6.45, 7) is 0. The molecule has 4 N–H and O–H groups in total. The highest BCUT2D eigenvalue weighted by Crippen LogP contribution is 2.22. The number of hydrogen-bond acceptors (Lipinski definition) is 7. The first-order chi connectivity index (χ1) is 9.04. The molecule has 0 amide bonds. The van der Waals surface area contributed by atoms with E-state index in [9.17, 15) is 10.1 Å². The van der Waals surface area contributed by atoms with Crippen LogP contribution < -0.4 is 11.5 Å². The Labute approximate surface area is 113 Å². The summed E-state index contributed by atoms with van der Waals surface area (Å²) in [5, 5.41) is 11.0. The van der Waals surface area contributed by atoms with E-state index in [0.29, 0.717) is 22.5 Å². The summed E-state index contributed by atoms with van der Waals surface area (Å²) in [6.07, 6.45) is 0. The van der Waals surface area contributed by atoms with E-state index in [1.165, 1.54) is 30.0 Å². The van der Waals surface area contributed by atoms with Gasteiger partial charge in [0.25, 0.3) is 5.69 Å². The average Bonchev–Trinajstić information content (AvgIpc) is 2.36. The zero-order chi connectivity index (χ0) is 13.8. The Morgan fingerprint density at radius 3 is 2.26 bits per heavy atom. The lowest BCUT2D eigenvalue weighted by Crippen LogP contribution is -1.99. The zero-order valence-electron chi connectivity index (χ0n) is 9.81. The van der Waals surface area contributed by atoms with Gasteiger partial charge in [-0.25, -0.2) is 9.97 Å². The van der Waals surface area contributed by atoms with Gasteiger partial charge in [-0.1, -0.05) is 23.9 Å². The smallest absolute Gasteiger partial charge is 0.269 e. The summed E-state index contributed by atoms with van der Waals surface area (Å²) < 4.78 is 0. The van der Waals surface area contributed by atoms with Crippen LogP contribution in [0.25, 0.3) is 0 Å².